The highest BCUT2D eigenvalue weighted by atomic mass is 79.9. The topological polar surface area (TPSA) is 76.7 Å². The Morgan fingerprint density at radius 3 is 2.28 bits per heavy atom. The molecule has 0 aliphatic carbocycles. The lowest BCUT2D eigenvalue weighted by molar-refractivity contribution is -0.123. The number of anilines is 1. The van der Waals surface area contributed by atoms with Gasteiger partial charge in [0.15, 0.2) is 11.5 Å². The quantitative estimate of drug-likeness (QED) is 0.623. The van der Waals surface area contributed by atoms with Gasteiger partial charge in [0.05, 0.1) is 18.2 Å². The fourth-order valence-corrected chi connectivity index (χ4v) is 2.88. The van der Waals surface area contributed by atoms with Crippen molar-refractivity contribution in [2.45, 2.75) is 13.1 Å². The maximum atomic E-state index is 12.5. The fourth-order valence-electron chi connectivity index (χ4n) is 2.33. The second-order valence-corrected chi connectivity index (χ2v) is 6.61. The van der Waals surface area contributed by atoms with Gasteiger partial charge in [0.1, 0.15) is 6.54 Å². The zero-order valence-electron chi connectivity index (χ0n) is 15.5. The van der Waals surface area contributed by atoms with Gasteiger partial charge in [0.25, 0.3) is 11.8 Å². The van der Waals surface area contributed by atoms with Gasteiger partial charge in [0, 0.05) is 16.8 Å². The van der Waals surface area contributed by atoms with Crippen LogP contribution in [0.5, 0.6) is 11.5 Å². The molecule has 0 heterocycles. The number of carbonyl (C=O) groups is 2. The molecular weight excluding hydrogens is 457 g/mol. The molecule has 156 valence electrons. The molecule has 0 unspecified atom stereocenters. The number of amides is 2. The summed E-state index contributed by atoms with van der Waals surface area (Å²) in [6.07, 6.45) is -4.49. The summed E-state index contributed by atoms with van der Waals surface area (Å²) in [6, 6.07) is 8.56. The van der Waals surface area contributed by atoms with Crippen LogP contribution in [0.4, 0.5) is 18.9 Å². The Morgan fingerprint density at radius 2 is 1.72 bits per heavy atom. The molecule has 6 nitrogen and oxygen atoms in total. The molecule has 0 aliphatic heterocycles. The Morgan fingerprint density at radius 1 is 1.07 bits per heavy atom. The average Bonchev–Trinajstić information content (AvgIpc) is 2.67. The maximum Gasteiger partial charge on any atom is 0.405 e. The van der Waals surface area contributed by atoms with Crippen molar-refractivity contribution in [1.82, 2.24) is 5.32 Å². The number of ether oxygens (including phenoxy) is 2. The van der Waals surface area contributed by atoms with Crippen molar-refractivity contribution in [2.24, 2.45) is 0 Å². The summed E-state index contributed by atoms with van der Waals surface area (Å²) < 4.78 is 47.8. The van der Waals surface area contributed by atoms with E-state index in [0.29, 0.717) is 33.8 Å². The molecule has 0 radical (unpaired) electrons. The fraction of sp³-hybridized carbons (Fsp3) is 0.263. The first kappa shape index (κ1) is 22.5. The Hall–Kier alpha value is -2.75. The van der Waals surface area contributed by atoms with Gasteiger partial charge in [-0.2, -0.15) is 13.2 Å². The molecule has 0 bridgehead atoms. The normalized spacial score (nSPS) is 11.0. The average molecular weight is 475 g/mol. The van der Waals surface area contributed by atoms with Crippen molar-refractivity contribution in [2.75, 3.05) is 25.6 Å². The predicted molar refractivity (Wildman–Crippen MR) is 105 cm³/mol. The van der Waals surface area contributed by atoms with Crippen molar-refractivity contribution >= 4 is 33.4 Å². The predicted octanol–water partition coefficient (Wildman–Crippen LogP) is 4.40. The molecule has 2 rings (SSSR count). The van der Waals surface area contributed by atoms with Gasteiger partial charge < -0.3 is 20.1 Å². The lowest BCUT2D eigenvalue weighted by Gasteiger charge is -2.13. The zero-order valence-corrected chi connectivity index (χ0v) is 17.1. The molecule has 0 atom stereocenters. The highest BCUT2D eigenvalue weighted by molar-refractivity contribution is 9.10. The third-order valence-electron chi connectivity index (χ3n) is 3.63. The van der Waals surface area contributed by atoms with Crippen LogP contribution in [0.2, 0.25) is 0 Å². The van der Waals surface area contributed by atoms with E-state index in [2.05, 4.69) is 21.2 Å². The lowest BCUT2D eigenvalue weighted by atomic mass is 10.1. The maximum absolute atomic E-state index is 12.5. The standard InChI is InChI=1S/C19H18BrF3N2O4/c1-3-29-16-14(20)8-12(9-15(16)28-2)18(27)25-13-6-4-11(5-7-13)17(26)24-10-19(21,22)23/h4-9H,3,10H2,1-2H3,(H,24,26)(H,25,27). The molecule has 0 saturated carbocycles. The minimum absolute atomic E-state index is 0.0396. The third-order valence-corrected chi connectivity index (χ3v) is 4.22. The molecule has 10 heteroatoms. The Bertz CT molecular complexity index is 886. The van der Waals surface area contributed by atoms with Crippen LogP contribution in [-0.4, -0.2) is 38.3 Å². The van der Waals surface area contributed by atoms with Crippen molar-refractivity contribution in [3.63, 3.8) is 0 Å². The summed E-state index contributed by atoms with van der Waals surface area (Å²) in [7, 11) is 1.45. The Labute approximate surface area is 173 Å². The van der Waals surface area contributed by atoms with Crippen molar-refractivity contribution in [3.05, 3.63) is 52.0 Å². The molecule has 0 fully saturated rings. The number of carbonyl (C=O) groups excluding carboxylic acids is 2. The summed E-state index contributed by atoms with van der Waals surface area (Å²) in [5, 5.41) is 4.42. The zero-order chi connectivity index (χ0) is 21.6. The first-order valence-electron chi connectivity index (χ1n) is 8.41. The first-order valence-corrected chi connectivity index (χ1v) is 9.20. The molecule has 2 aromatic carbocycles. The second kappa shape index (κ2) is 9.64. The molecule has 2 aromatic rings. The van der Waals surface area contributed by atoms with E-state index in [9.17, 15) is 22.8 Å². The van der Waals surface area contributed by atoms with E-state index < -0.39 is 24.5 Å². The number of nitrogens with one attached hydrogen (secondary N) is 2. The number of halogens is 4. The van der Waals surface area contributed by atoms with Gasteiger partial charge >= 0.3 is 6.18 Å². The molecule has 0 aliphatic rings. The summed E-state index contributed by atoms with van der Waals surface area (Å²) in [5.74, 6) is -0.453. The largest absolute Gasteiger partial charge is 0.493 e. The minimum Gasteiger partial charge on any atom is -0.493 e. The van der Waals surface area contributed by atoms with Crippen LogP contribution in [0.3, 0.4) is 0 Å². The SMILES string of the molecule is CCOc1c(Br)cc(C(=O)Nc2ccc(C(=O)NCC(F)(F)F)cc2)cc1OC. The molecule has 0 spiro atoms. The summed E-state index contributed by atoms with van der Waals surface area (Å²) >= 11 is 3.34. The molecular formula is C19H18BrF3N2O4. The van der Waals surface area contributed by atoms with Crippen molar-refractivity contribution in [3.8, 4) is 11.5 Å². The highest BCUT2D eigenvalue weighted by Crippen LogP contribution is 2.36. The smallest absolute Gasteiger partial charge is 0.405 e. The van der Waals surface area contributed by atoms with Gasteiger partial charge in [-0.1, -0.05) is 0 Å². The Kier molecular flexibility index (Phi) is 7.49. The van der Waals surface area contributed by atoms with E-state index in [1.165, 1.54) is 37.4 Å². The number of hydrogen-bond acceptors (Lipinski definition) is 4. The van der Waals surface area contributed by atoms with Gasteiger partial charge in [-0.15, -0.1) is 0 Å². The number of hydrogen-bond donors (Lipinski definition) is 2. The number of benzene rings is 2. The minimum atomic E-state index is -4.49. The molecule has 2 N–H and O–H groups in total. The highest BCUT2D eigenvalue weighted by Gasteiger charge is 2.27. The van der Waals surface area contributed by atoms with E-state index in [1.54, 1.807) is 11.4 Å². The number of rotatable bonds is 7. The summed E-state index contributed by atoms with van der Waals surface area (Å²) in [6.45, 7) is 0.821. The van der Waals surface area contributed by atoms with Crippen LogP contribution in [0.25, 0.3) is 0 Å². The van der Waals surface area contributed by atoms with Crippen LogP contribution < -0.4 is 20.1 Å². The summed E-state index contributed by atoms with van der Waals surface area (Å²) in [4.78, 5) is 24.2. The first-order chi connectivity index (χ1) is 13.6. The molecule has 0 aromatic heterocycles. The van der Waals surface area contributed by atoms with Crippen LogP contribution in [0, 0.1) is 0 Å². The van der Waals surface area contributed by atoms with Crippen molar-refractivity contribution in [1.29, 1.82) is 0 Å². The third kappa shape index (κ3) is 6.38. The number of alkyl halides is 3. The Balaban J connectivity index is 2.09. The van der Waals surface area contributed by atoms with Gasteiger partial charge in [-0.05, 0) is 59.3 Å². The lowest BCUT2D eigenvalue weighted by Crippen LogP contribution is -2.33. The van der Waals surface area contributed by atoms with Crippen LogP contribution in [-0.2, 0) is 0 Å². The second-order valence-electron chi connectivity index (χ2n) is 5.75. The molecule has 0 saturated heterocycles. The van der Waals surface area contributed by atoms with Crippen molar-refractivity contribution < 1.29 is 32.2 Å². The van der Waals surface area contributed by atoms with E-state index in [-0.39, 0.29) is 5.56 Å². The summed E-state index contributed by atoms with van der Waals surface area (Å²) in [5.41, 5.74) is 0.702. The van der Waals surface area contributed by atoms with E-state index in [1.807, 2.05) is 6.92 Å². The van der Waals surface area contributed by atoms with Crippen LogP contribution in [0.15, 0.2) is 40.9 Å². The monoisotopic (exact) mass is 474 g/mol. The van der Waals surface area contributed by atoms with E-state index in [0.717, 1.165) is 0 Å². The van der Waals surface area contributed by atoms with Crippen LogP contribution >= 0.6 is 15.9 Å². The van der Waals surface area contributed by atoms with Gasteiger partial charge in [0.2, 0.25) is 0 Å². The van der Waals surface area contributed by atoms with Gasteiger partial charge in [-0.25, -0.2) is 0 Å². The van der Waals surface area contributed by atoms with E-state index in [4.69, 9.17) is 9.47 Å². The number of methoxy groups -OCH3 is 1. The molecule has 2 amide bonds. The molecule has 29 heavy (non-hydrogen) atoms. The van der Waals surface area contributed by atoms with E-state index >= 15 is 0 Å². The van der Waals surface area contributed by atoms with Crippen LogP contribution in [0.1, 0.15) is 27.6 Å². The van der Waals surface area contributed by atoms with Gasteiger partial charge in [-0.3, -0.25) is 9.59 Å².